The lowest BCUT2D eigenvalue weighted by Crippen LogP contribution is -2.40. The van der Waals surface area contributed by atoms with Gasteiger partial charge in [0, 0.05) is 15.1 Å². The van der Waals surface area contributed by atoms with E-state index in [1.54, 1.807) is 49.4 Å². The van der Waals surface area contributed by atoms with E-state index in [9.17, 15) is 9.59 Å². The smallest absolute Gasteiger partial charge is 0.338 e. The van der Waals surface area contributed by atoms with Crippen LogP contribution in [0.4, 0.5) is 0 Å². The number of hydrogen-bond donors (Lipinski definition) is 0. The lowest BCUT2D eigenvalue weighted by molar-refractivity contribution is -0.138. The van der Waals surface area contributed by atoms with E-state index in [0.29, 0.717) is 54.3 Å². The van der Waals surface area contributed by atoms with Gasteiger partial charge in [0.15, 0.2) is 16.3 Å². The topological polar surface area (TPSA) is 79.1 Å². The average Bonchev–Trinajstić information content (AvgIpc) is 3.38. The first kappa shape index (κ1) is 32.8. The van der Waals surface area contributed by atoms with Crippen LogP contribution in [-0.4, -0.2) is 24.3 Å². The highest BCUT2D eigenvalue weighted by molar-refractivity contribution is 9.10. The summed E-state index contributed by atoms with van der Waals surface area (Å²) in [6, 6.07) is 26.9. The SMILES string of the molecule is CCOC(=O)C1=C(c2ccccc2)N=c2s/c(=C\c3cc(Cl)c(OCc4ccc(Br)cc4)c(OC)c3)c(=O)n2[C@@H]1c1ccc(Cl)cc1. The molecule has 1 aromatic heterocycles. The van der Waals surface area contributed by atoms with Crippen LogP contribution >= 0.6 is 50.5 Å². The lowest BCUT2D eigenvalue weighted by atomic mass is 9.93. The van der Waals surface area contributed by atoms with Gasteiger partial charge in [-0.2, -0.15) is 0 Å². The zero-order valence-corrected chi connectivity index (χ0v) is 29.1. The summed E-state index contributed by atoms with van der Waals surface area (Å²) in [7, 11) is 1.53. The zero-order valence-electron chi connectivity index (χ0n) is 25.2. The Hall–Kier alpha value is -4.15. The summed E-state index contributed by atoms with van der Waals surface area (Å²) in [5.41, 5.74) is 3.37. The fourth-order valence-corrected chi connectivity index (χ4v) is 6.92. The predicted octanol–water partition coefficient (Wildman–Crippen LogP) is 7.59. The maximum Gasteiger partial charge on any atom is 0.338 e. The lowest BCUT2D eigenvalue weighted by Gasteiger charge is -2.25. The Morgan fingerprint density at radius 1 is 1.02 bits per heavy atom. The number of fused-ring (bicyclic) bond motifs is 1. The molecule has 0 radical (unpaired) electrons. The zero-order chi connectivity index (χ0) is 33.1. The third-order valence-corrected chi connectivity index (χ3v) is 9.45. The van der Waals surface area contributed by atoms with Gasteiger partial charge in [-0.05, 0) is 66.1 Å². The molecule has 6 rings (SSSR count). The van der Waals surface area contributed by atoms with Crippen LogP contribution in [0.2, 0.25) is 10.0 Å². The molecule has 238 valence electrons. The van der Waals surface area contributed by atoms with Gasteiger partial charge >= 0.3 is 5.97 Å². The van der Waals surface area contributed by atoms with Gasteiger partial charge in [0.2, 0.25) is 0 Å². The molecule has 0 aliphatic carbocycles. The Bertz CT molecular complexity index is 2160. The van der Waals surface area contributed by atoms with E-state index in [1.165, 1.54) is 23.0 Å². The Morgan fingerprint density at radius 2 is 1.74 bits per heavy atom. The minimum atomic E-state index is -0.813. The number of ether oxygens (including phenoxy) is 3. The van der Waals surface area contributed by atoms with Gasteiger partial charge in [-0.15, -0.1) is 0 Å². The fourth-order valence-electron chi connectivity index (χ4n) is 5.25. The number of aromatic nitrogens is 1. The van der Waals surface area contributed by atoms with Gasteiger partial charge < -0.3 is 14.2 Å². The van der Waals surface area contributed by atoms with Crippen molar-refractivity contribution in [1.82, 2.24) is 4.57 Å². The van der Waals surface area contributed by atoms with Crippen LogP contribution in [0.5, 0.6) is 11.5 Å². The number of benzene rings is 4. The summed E-state index contributed by atoms with van der Waals surface area (Å²) in [4.78, 5) is 33.2. The van der Waals surface area contributed by atoms with Crippen molar-refractivity contribution in [1.29, 1.82) is 0 Å². The number of nitrogens with zero attached hydrogens (tertiary/aromatic N) is 2. The summed E-state index contributed by atoms with van der Waals surface area (Å²) in [5.74, 6) is 0.258. The summed E-state index contributed by atoms with van der Waals surface area (Å²) >= 11 is 17.6. The van der Waals surface area contributed by atoms with Crippen LogP contribution in [0.25, 0.3) is 11.8 Å². The third kappa shape index (κ3) is 6.94. The van der Waals surface area contributed by atoms with Gasteiger partial charge in [-0.1, -0.05) is 105 Å². The number of halogens is 3. The first-order valence-corrected chi connectivity index (χ1v) is 16.9. The number of rotatable bonds is 9. The summed E-state index contributed by atoms with van der Waals surface area (Å²) in [5, 5.41) is 0.858. The first-order chi connectivity index (χ1) is 22.8. The molecule has 0 amide bonds. The second-order valence-electron chi connectivity index (χ2n) is 10.4. The molecule has 0 N–H and O–H groups in total. The molecule has 0 spiro atoms. The molecule has 1 atom stereocenters. The molecular weight excluding hydrogens is 723 g/mol. The van der Waals surface area contributed by atoms with Crippen molar-refractivity contribution in [3.05, 3.63) is 153 Å². The summed E-state index contributed by atoms with van der Waals surface area (Å²) in [6.45, 7) is 2.19. The first-order valence-electron chi connectivity index (χ1n) is 14.6. The Balaban J connectivity index is 1.48. The van der Waals surface area contributed by atoms with Gasteiger partial charge in [0.25, 0.3) is 5.56 Å². The van der Waals surface area contributed by atoms with Crippen molar-refractivity contribution < 1.29 is 19.0 Å². The van der Waals surface area contributed by atoms with E-state index < -0.39 is 12.0 Å². The van der Waals surface area contributed by atoms with E-state index in [4.69, 9.17) is 42.4 Å². The molecule has 0 bridgehead atoms. The number of carbonyl (C=O) groups excluding carboxylic acids is 1. The van der Waals surface area contributed by atoms with Gasteiger partial charge in [-0.25, -0.2) is 9.79 Å². The van der Waals surface area contributed by atoms with Crippen molar-refractivity contribution >= 4 is 68.2 Å². The van der Waals surface area contributed by atoms with Crippen LogP contribution in [0.3, 0.4) is 0 Å². The highest BCUT2D eigenvalue weighted by Crippen LogP contribution is 2.38. The molecule has 4 aromatic carbocycles. The van der Waals surface area contributed by atoms with Gasteiger partial charge in [0.05, 0.1) is 40.6 Å². The highest BCUT2D eigenvalue weighted by Gasteiger charge is 2.35. The maximum atomic E-state index is 14.2. The fraction of sp³-hybridized carbons (Fsp3) is 0.139. The monoisotopic (exact) mass is 748 g/mol. The molecule has 0 saturated carbocycles. The Kier molecular flexibility index (Phi) is 9.98. The maximum absolute atomic E-state index is 14.2. The molecule has 0 fully saturated rings. The Morgan fingerprint density at radius 3 is 2.43 bits per heavy atom. The van der Waals surface area contributed by atoms with E-state index >= 15 is 0 Å². The van der Waals surface area contributed by atoms with Crippen LogP contribution in [0.1, 0.15) is 35.2 Å². The number of hydrogen-bond acceptors (Lipinski definition) is 7. The van der Waals surface area contributed by atoms with Crippen molar-refractivity contribution in [2.24, 2.45) is 4.99 Å². The van der Waals surface area contributed by atoms with Crippen molar-refractivity contribution in [3.8, 4) is 11.5 Å². The van der Waals surface area contributed by atoms with Gasteiger partial charge in [-0.3, -0.25) is 9.36 Å². The quantitative estimate of drug-likeness (QED) is 0.145. The molecule has 5 aromatic rings. The van der Waals surface area contributed by atoms with E-state index in [-0.39, 0.29) is 17.7 Å². The molecule has 7 nitrogen and oxygen atoms in total. The third-order valence-electron chi connectivity index (χ3n) is 7.41. The van der Waals surface area contributed by atoms with E-state index in [0.717, 1.165) is 15.6 Å². The predicted molar refractivity (Wildman–Crippen MR) is 189 cm³/mol. The van der Waals surface area contributed by atoms with Crippen LogP contribution < -0.4 is 24.4 Å². The number of carbonyl (C=O) groups is 1. The van der Waals surface area contributed by atoms with Crippen molar-refractivity contribution in [3.63, 3.8) is 0 Å². The molecule has 2 heterocycles. The molecule has 0 saturated heterocycles. The standard InChI is InChI=1S/C36H27BrCl2N2O5S/c1-3-45-35(43)30-31(23-7-5-4-6-8-23)40-36-41(32(30)24-11-15-26(38)16-12-24)34(42)29(47-36)19-22-17-27(39)33(28(18-22)44-2)46-20-21-9-13-25(37)14-10-21/h4-19,32H,3,20H2,1-2H3/b29-19-/t32-/m1/s1. The highest BCUT2D eigenvalue weighted by atomic mass is 79.9. The van der Waals surface area contributed by atoms with E-state index in [1.807, 2.05) is 54.6 Å². The summed E-state index contributed by atoms with van der Waals surface area (Å²) in [6.07, 6.45) is 1.73. The van der Waals surface area contributed by atoms with Gasteiger partial charge in [0.1, 0.15) is 6.61 Å². The number of thiazole rings is 1. The molecular formula is C36H27BrCl2N2O5S. The van der Waals surface area contributed by atoms with Crippen LogP contribution in [0, 0.1) is 0 Å². The second-order valence-corrected chi connectivity index (χ2v) is 13.2. The number of esters is 1. The minimum absolute atomic E-state index is 0.160. The molecule has 47 heavy (non-hydrogen) atoms. The average molecular weight is 750 g/mol. The largest absolute Gasteiger partial charge is 0.493 e. The normalized spacial score (nSPS) is 14.4. The molecule has 11 heteroatoms. The second kappa shape index (κ2) is 14.3. The van der Waals surface area contributed by atoms with E-state index in [2.05, 4.69) is 15.9 Å². The molecule has 1 aliphatic heterocycles. The van der Waals surface area contributed by atoms with Crippen molar-refractivity contribution in [2.45, 2.75) is 19.6 Å². The molecule has 0 unspecified atom stereocenters. The van der Waals surface area contributed by atoms with Crippen LogP contribution in [0.15, 0.2) is 111 Å². The number of methoxy groups -OCH3 is 1. The summed E-state index contributed by atoms with van der Waals surface area (Å²) < 4.78 is 20.1. The molecule has 1 aliphatic rings. The van der Waals surface area contributed by atoms with Crippen LogP contribution in [-0.2, 0) is 16.1 Å². The Labute approximate surface area is 293 Å². The minimum Gasteiger partial charge on any atom is -0.493 e. The van der Waals surface area contributed by atoms with Crippen molar-refractivity contribution in [2.75, 3.05) is 13.7 Å².